The van der Waals surface area contributed by atoms with Crippen molar-refractivity contribution in [1.82, 2.24) is 19.7 Å². The summed E-state index contributed by atoms with van der Waals surface area (Å²) in [6.45, 7) is 4.73. The Hall–Kier alpha value is -3.66. The molecule has 0 unspecified atom stereocenters. The van der Waals surface area contributed by atoms with Gasteiger partial charge in [-0.15, -0.1) is 21.5 Å². The Morgan fingerprint density at radius 3 is 2.62 bits per heavy atom. The second-order valence-corrected chi connectivity index (χ2v) is 11.5. The molecule has 0 spiro atoms. The normalized spacial score (nSPS) is 11.0. The average Bonchev–Trinajstić information content (AvgIpc) is 3.60. The van der Waals surface area contributed by atoms with Crippen molar-refractivity contribution >= 4 is 45.7 Å². The van der Waals surface area contributed by atoms with Crippen molar-refractivity contribution in [2.45, 2.75) is 31.8 Å². The third kappa shape index (κ3) is 6.91. The summed E-state index contributed by atoms with van der Waals surface area (Å²) in [7, 11) is 0. The van der Waals surface area contributed by atoms with Crippen LogP contribution < -0.4 is 10.1 Å². The molecule has 2 heterocycles. The number of nitrogens with zero attached hydrogens (tertiary/aromatic N) is 4. The summed E-state index contributed by atoms with van der Waals surface area (Å²) in [5, 5.41) is 13.7. The van der Waals surface area contributed by atoms with E-state index in [1.54, 1.807) is 6.20 Å². The summed E-state index contributed by atoms with van der Waals surface area (Å²) >= 11 is 9.04. The van der Waals surface area contributed by atoms with Crippen LogP contribution in [0.3, 0.4) is 0 Å². The average molecular weight is 590 g/mol. The first-order valence-corrected chi connectivity index (χ1v) is 15.0. The molecular formula is C30H28ClN5O2S2. The summed E-state index contributed by atoms with van der Waals surface area (Å²) in [4.78, 5) is 18.3. The minimum absolute atomic E-state index is 0.161. The summed E-state index contributed by atoms with van der Waals surface area (Å²) in [6, 6.07) is 23.7. The van der Waals surface area contributed by atoms with Gasteiger partial charge in [0.2, 0.25) is 5.91 Å². The number of amides is 1. The van der Waals surface area contributed by atoms with Gasteiger partial charge in [-0.3, -0.25) is 9.36 Å². The predicted molar refractivity (Wildman–Crippen MR) is 163 cm³/mol. The molecule has 40 heavy (non-hydrogen) atoms. The highest BCUT2D eigenvalue weighted by molar-refractivity contribution is 7.99. The van der Waals surface area contributed by atoms with Crippen molar-refractivity contribution in [3.63, 3.8) is 0 Å². The van der Waals surface area contributed by atoms with E-state index >= 15 is 0 Å². The van der Waals surface area contributed by atoms with E-state index in [4.69, 9.17) is 16.3 Å². The van der Waals surface area contributed by atoms with Crippen LogP contribution in [0.1, 0.15) is 29.3 Å². The molecule has 0 aliphatic carbocycles. The Bertz CT molecular complexity index is 1590. The number of hydrogen-bond donors (Lipinski definition) is 1. The van der Waals surface area contributed by atoms with Crippen LogP contribution in [0.2, 0.25) is 5.02 Å². The number of anilines is 1. The fourth-order valence-electron chi connectivity index (χ4n) is 3.96. The van der Waals surface area contributed by atoms with E-state index in [9.17, 15) is 4.79 Å². The van der Waals surface area contributed by atoms with Crippen molar-refractivity contribution in [2.24, 2.45) is 0 Å². The summed E-state index contributed by atoms with van der Waals surface area (Å²) in [5.41, 5.74) is 3.97. The van der Waals surface area contributed by atoms with Gasteiger partial charge in [0, 0.05) is 33.8 Å². The minimum Gasteiger partial charge on any atom is -0.494 e. The largest absolute Gasteiger partial charge is 0.494 e. The Morgan fingerprint density at radius 1 is 1.07 bits per heavy atom. The Balaban J connectivity index is 1.27. The predicted octanol–water partition coefficient (Wildman–Crippen LogP) is 7.46. The fraction of sp³-hybridized carbons (Fsp3) is 0.200. The SMILES string of the molecule is CCCOc1ccc(-c2nnc(SCC(=O)Nc3ncc(Cc4ccc(C)c(Cl)c4)s3)n2-c2ccccc2)cc1. The zero-order valence-corrected chi connectivity index (χ0v) is 24.5. The molecule has 0 saturated carbocycles. The summed E-state index contributed by atoms with van der Waals surface area (Å²) < 4.78 is 7.69. The van der Waals surface area contributed by atoms with Crippen LogP contribution in [-0.4, -0.2) is 38.0 Å². The maximum Gasteiger partial charge on any atom is 0.236 e. The fourth-order valence-corrected chi connectivity index (χ4v) is 5.78. The lowest BCUT2D eigenvalue weighted by molar-refractivity contribution is -0.113. The minimum atomic E-state index is -0.161. The molecule has 0 radical (unpaired) electrons. The number of aromatic nitrogens is 4. The van der Waals surface area contributed by atoms with Crippen molar-refractivity contribution < 1.29 is 9.53 Å². The molecule has 0 fully saturated rings. The molecular weight excluding hydrogens is 562 g/mol. The highest BCUT2D eigenvalue weighted by Crippen LogP contribution is 2.30. The number of rotatable bonds is 11. The maximum absolute atomic E-state index is 12.8. The molecule has 2 aromatic heterocycles. The van der Waals surface area contributed by atoms with E-state index in [0.29, 0.717) is 29.1 Å². The van der Waals surface area contributed by atoms with E-state index in [1.165, 1.54) is 23.1 Å². The van der Waals surface area contributed by atoms with Gasteiger partial charge < -0.3 is 10.1 Å². The van der Waals surface area contributed by atoms with Gasteiger partial charge in [0.05, 0.1) is 12.4 Å². The Kier molecular flexibility index (Phi) is 9.15. The molecule has 0 aliphatic rings. The second-order valence-electron chi connectivity index (χ2n) is 9.08. The summed E-state index contributed by atoms with van der Waals surface area (Å²) in [5.74, 6) is 1.51. The first-order valence-electron chi connectivity index (χ1n) is 12.9. The van der Waals surface area contributed by atoms with Gasteiger partial charge in [-0.2, -0.15) is 0 Å². The highest BCUT2D eigenvalue weighted by atomic mass is 35.5. The number of nitrogens with one attached hydrogen (secondary N) is 1. The molecule has 0 aliphatic heterocycles. The number of thiazole rings is 1. The van der Waals surface area contributed by atoms with Gasteiger partial charge in [0.15, 0.2) is 16.1 Å². The zero-order chi connectivity index (χ0) is 27.9. The Morgan fingerprint density at radius 2 is 1.88 bits per heavy atom. The standard InChI is InChI=1S/C30H28ClN5O2S2/c1-3-15-38-24-13-11-22(12-14-24)28-34-35-30(36(28)23-7-5-4-6-8-23)39-19-27(37)33-29-32-18-25(40-29)16-21-10-9-20(2)26(31)17-21/h4-14,17-18H,3,15-16,19H2,1-2H3,(H,32,33,37). The number of ether oxygens (including phenoxy) is 1. The van der Waals surface area contributed by atoms with Gasteiger partial charge in [0.25, 0.3) is 0 Å². The van der Waals surface area contributed by atoms with E-state index in [0.717, 1.165) is 44.4 Å². The Labute approximate surface area is 246 Å². The molecule has 1 amide bonds. The van der Waals surface area contributed by atoms with Crippen LogP contribution in [0.15, 0.2) is 84.1 Å². The number of thioether (sulfide) groups is 1. The van der Waals surface area contributed by atoms with Gasteiger partial charge in [-0.1, -0.05) is 60.6 Å². The number of aryl methyl sites for hydroxylation is 1. The lowest BCUT2D eigenvalue weighted by Crippen LogP contribution is -2.14. The van der Waals surface area contributed by atoms with E-state index in [-0.39, 0.29) is 11.7 Å². The van der Waals surface area contributed by atoms with Crippen LogP contribution >= 0.6 is 34.7 Å². The van der Waals surface area contributed by atoms with E-state index in [1.807, 2.05) is 78.2 Å². The summed E-state index contributed by atoms with van der Waals surface area (Å²) in [6.07, 6.45) is 3.44. The third-order valence-electron chi connectivity index (χ3n) is 5.98. The lowest BCUT2D eigenvalue weighted by atomic mass is 10.1. The first-order chi connectivity index (χ1) is 19.5. The number of benzene rings is 3. The number of carbonyl (C=O) groups is 1. The monoisotopic (exact) mass is 589 g/mol. The first kappa shape index (κ1) is 27.9. The molecule has 7 nitrogen and oxygen atoms in total. The molecule has 1 N–H and O–H groups in total. The van der Waals surface area contributed by atoms with Crippen molar-refractivity contribution in [1.29, 1.82) is 0 Å². The van der Waals surface area contributed by atoms with Crippen molar-refractivity contribution in [3.8, 4) is 22.8 Å². The number of carbonyl (C=O) groups excluding carboxylic acids is 1. The van der Waals surface area contributed by atoms with E-state index in [2.05, 4.69) is 33.5 Å². The zero-order valence-electron chi connectivity index (χ0n) is 22.1. The van der Waals surface area contributed by atoms with Crippen LogP contribution in [0.25, 0.3) is 17.1 Å². The molecule has 5 aromatic rings. The van der Waals surface area contributed by atoms with Gasteiger partial charge in [-0.05, 0) is 66.9 Å². The molecule has 204 valence electrons. The van der Waals surface area contributed by atoms with Crippen LogP contribution in [0.5, 0.6) is 5.75 Å². The lowest BCUT2D eigenvalue weighted by Gasteiger charge is -2.11. The van der Waals surface area contributed by atoms with Crippen molar-refractivity contribution in [2.75, 3.05) is 17.7 Å². The number of halogens is 1. The molecule has 5 rings (SSSR count). The quantitative estimate of drug-likeness (QED) is 0.161. The van der Waals surface area contributed by atoms with Gasteiger partial charge >= 0.3 is 0 Å². The van der Waals surface area contributed by atoms with Gasteiger partial charge in [-0.25, -0.2) is 4.98 Å². The van der Waals surface area contributed by atoms with Crippen LogP contribution in [0, 0.1) is 6.92 Å². The third-order valence-corrected chi connectivity index (χ3v) is 8.23. The van der Waals surface area contributed by atoms with Gasteiger partial charge in [0.1, 0.15) is 5.75 Å². The molecule has 0 bridgehead atoms. The number of para-hydroxylation sites is 1. The molecule has 0 atom stereocenters. The second kappa shape index (κ2) is 13.1. The van der Waals surface area contributed by atoms with Crippen LogP contribution in [-0.2, 0) is 11.2 Å². The topological polar surface area (TPSA) is 81.9 Å². The number of hydrogen-bond acceptors (Lipinski definition) is 7. The molecule has 0 saturated heterocycles. The van der Waals surface area contributed by atoms with Crippen molar-refractivity contribution in [3.05, 3.63) is 100 Å². The highest BCUT2D eigenvalue weighted by Gasteiger charge is 2.18. The maximum atomic E-state index is 12.8. The molecule has 3 aromatic carbocycles. The van der Waals surface area contributed by atoms with E-state index < -0.39 is 0 Å². The van der Waals surface area contributed by atoms with Crippen LogP contribution in [0.4, 0.5) is 5.13 Å². The smallest absolute Gasteiger partial charge is 0.236 e. The molecule has 10 heteroatoms.